The number of carbonyl (C=O) groups excluding carboxylic acids is 2. The average molecular weight is 433 g/mol. The van der Waals surface area contributed by atoms with Crippen LogP contribution in [0.2, 0.25) is 0 Å². The van der Waals surface area contributed by atoms with Crippen molar-refractivity contribution in [3.8, 4) is 0 Å². The molecule has 2 rings (SSSR count). The van der Waals surface area contributed by atoms with Gasteiger partial charge in [-0.1, -0.05) is 61.0 Å². The first-order chi connectivity index (χ1) is 14.2. The van der Waals surface area contributed by atoms with Crippen LogP contribution in [0.4, 0.5) is 0 Å². The Morgan fingerprint density at radius 1 is 0.767 bits per heavy atom. The molecule has 0 atom stereocenters. The van der Waals surface area contributed by atoms with Crippen molar-refractivity contribution >= 4 is 24.3 Å². The molecule has 0 spiro atoms. The number of rotatable bonds is 12. The summed E-state index contributed by atoms with van der Waals surface area (Å²) in [4.78, 5) is 28.3. The lowest BCUT2D eigenvalue weighted by Gasteiger charge is -2.07. The molecule has 164 valence electrons. The van der Waals surface area contributed by atoms with E-state index in [2.05, 4.69) is 41.9 Å². The molecule has 0 saturated carbocycles. The third-order valence-electron chi connectivity index (χ3n) is 4.78. The molecule has 0 radical (unpaired) electrons. The minimum absolute atomic E-state index is 0. The van der Waals surface area contributed by atoms with Gasteiger partial charge in [-0.15, -0.1) is 12.4 Å². The highest BCUT2D eigenvalue weighted by Gasteiger charge is 2.08. The van der Waals surface area contributed by atoms with Gasteiger partial charge in [0.2, 0.25) is 0 Å². The quantitative estimate of drug-likeness (QED) is 0.386. The number of carbonyl (C=O) groups is 2. The van der Waals surface area contributed by atoms with Crippen molar-refractivity contribution in [1.29, 1.82) is 0 Å². The van der Waals surface area contributed by atoms with Crippen LogP contribution in [-0.4, -0.2) is 18.4 Å². The molecule has 0 aromatic heterocycles. The van der Waals surface area contributed by atoms with Crippen molar-refractivity contribution in [2.45, 2.75) is 57.8 Å². The van der Waals surface area contributed by atoms with Crippen LogP contribution in [0.25, 0.3) is 0 Å². The van der Waals surface area contributed by atoms with Gasteiger partial charge in [-0.25, -0.2) is 4.79 Å². The molecule has 0 fully saturated rings. The fourth-order valence-electron chi connectivity index (χ4n) is 3.10. The van der Waals surface area contributed by atoms with Crippen LogP contribution in [0.5, 0.6) is 0 Å². The zero-order valence-electron chi connectivity index (χ0n) is 17.5. The van der Waals surface area contributed by atoms with Crippen molar-refractivity contribution in [1.82, 2.24) is 5.48 Å². The fourth-order valence-corrected chi connectivity index (χ4v) is 3.10. The number of nitrogens with two attached hydrogens (primary N) is 1. The molecule has 3 N–H and O–H groups in total. The number of aryl methyl sites for hydroxylation is 2. The topological polar surface area (TPSA) is 81.4 Å². The minimum atomic E-state index is -0.416. The van der Waals surface area contributed by atoms with Gasteiger partial charge in [0, 0.05) is 6.42 Å². The fraction of sp³-hybridized carbons (Fsp3) is 0.417. The van der Waals surface area contributed by atoms with Gasteiger partial charge in [-0.3, -0.25) is 4.79 Å². The van der Waals surface area contributed by atoms with E-state index >= 15 is 0 Å². The summed E-state index contributed by atoms with van der Waals surface area (Å²) in [5, 5.41) is 0. The maximum atomic E-state index is 11.9. The van der Waals surface area contributed by atoms with Crippen molar-refractivity contribution in [2.24, 2.45) is 5.73 Å². The molecular weight excluding hydrogens is 400 g/mol. The Bertz CT molecular complexity index is 736. The number of hydrogen-bond donors (Lipinski definition) is 2. The van der Waals surface area contributed by atoms with Crippen molar-refractivity contribution in [3.05, 3.63) is 71.3 Å². The third kappa shape index (κ3) is 11.0. The predicted molar refractivity (Wildman–Crippen MR) is 122 cm³/mol. The van der Waals surface area contributed by atoms with E-state index in [0.29, 0.717) is 13.0 Å². The normalized spacial score (nSPS) is 10.2. The maximum Gasteiger partial charge on any atom is 0.332 e. The second kappa shape index (κ2) is 15.5. The highest BCUT2D eigenvalue weighted by atomic mass is 35.5. The summed E-state index contributed by atoms with van der Waals surface area (Å²) < 4.78 is 0. The molecule has 0 saturated heterocycles. The molecule has 2 aromatic rings. The Balaban J connectivity index is 0.00000450. The van der Waals surface area contributed by atoms with Gasteiger partial charge in [-0.05, 0) is 61.8 Å². The van der Waals surface area contributed by atoms with Gasteiger partial charge in [-0.2, -0.15) is 5.48 Å². The molecule has 0 aliphatic rings. The summed E-state index contributed by atoms with van der Waals surface area (Å²) in [5.41, 5.74) is 11.2. The number of nitrogens with one attached hydrogen (secondary N) is 1. The van der Waals surface area contributed by atoms with Crippen LogP contribution < -0.4 is 11.2 Å². The van der Waals surface area contributed by atoms with E-state index < -0.39 is 5.97 Å². The monoisotopic (exact) mass is 432 g/mol. The van der Waals surface area contributed by atoms with Gasteiger partial charge in [0.15, 0.2) is 0 Å². The number of benzene rings is 2. The molecule has 1 amide bonds. The van der Waals surface area contributed by atoms with Crippen LogP contribution in [0.15, 0.2) is 54.6 Å². The highest BCUT2D eigenvalue weighted by molar-refractivity contribution is 5.85. The number of halogens is 1. The van der Waals surface area contributed by atoms with Gasteiger partial charge < -0.3 is 10.6 Å². The van der Waals surface area contributed by atoms with Crippen molar-refractivity contribution in [2.75, 3.05) is 6.54 Å². The van der Waals surface area contributed by atoms with Gasteiger partial charge in [0.05, 0.1) is 6.42 Å². The lowest BCUT2D eigenvalue weighted by molar-refractivity contribution is -0.158. The van der Waals surface area contributed by atoms with Crippen LogP contribution in [0.3, 0.4) is 0 Å². The van der Waals surface area contributed by atoms with E-state index in [4.69, 9.17) is 10.6 Å². The number of hydroxylamine groups is 1. The Morgan fingerprint density at radius 3 is 2.00 bits per heavy atom. The summed E-state index contributed by atoms with van der Waals surface area (Å²) in [5.74, 6) is -0.739. The Kier molecular flexibility index (Phi) is 13.2. The molecular formula is C24H33ClN2O3. The van der Waals surface area contributed by atoms with E-state index in [1.54, 1.807) is 0 Å². The minimum Gasteiger partial charge on any atom is -0.341 e. The molecule has 0 aliphatic carbocycles. The second-order valence-electron chi connectivity index (χ2n) is 7.28. The Labute approximate surface area is 185 Å². The van der Waals surface area contributed by atoms with Crippen LogP contribution >= 0.6 is 12.4 Å². The number of amides is 1. The molecule has 6 heteroatoms. The zero-order chi connectivity index (χ0) is 20.7. The first-order valence-corrected chi connectivity index (χ1v) is 10.5. The summed E-state index contributed by atoms with van der Waals surface area (Å²) in [6.07, 6.45) is 7.40. The summed E-state index contributed by atoms with van der Waals surface area (Å²) in [6, 6.07) is 18.6. The van der Waals surface area contributed by atoms with Crippen LogP contribution in [0.1, 0.15) is 55.2 Å². The largest absolute Gasteiger partial charge is 0.341 e. The lowest BCUT2D eigenvalue weighted by Crippen LogP contribution is -2.28. The number of hydrogen-bond acceptors (Lipinski definition) is 4. The smallest absolute Gasteiger partial charge is 0.332 e. The molecule has 0 bridgehead atoms. The SMILES string of the molecule is Cl.NCCCCCC(=O)ONC(=O)Cc1ccc(CCCCc2ccccc2)cc1. The van der Waals surface area contributed by atoms with E-state index in [9.17, 15) is 9.59 Å². The molecule has 0 aliphatic heterocycles. The summed E-state index contributed by atoms with van der Waals surface area (Å²) >= 11 is 0. The Morgan fingerprint density at radius 2 is 1.37 bits per heavy atom. The van der Waals surface area contributed by atoms with Gasteiger partial charge in [0.25, 0.3) is 5.91 Å². The first kappa shape index (κ1) is 25.7. The molecule has 0 unspecified atom stereocenters. The predicted octanol–water partition coefficient (Wildman–Crippen LogP) is 4.31. The average Bonchev–Trinajstić information content (AvgIpc) is 2.75. The molecule has 0 heterocycles. The lowest BCUT2D eigenvalue weighted by atomic mass is 10.0. The van der Waals surface area contributed by atoms with E-state index in [-0.39, 0.29) is 24.7 Å². The standard InChI is InChI=1S/C24H32N2O3.ClH/c25-18-8-2-5-13-24(28)29-26-23(27)19-22-16-14-21(15-17-22)12-7-6-11-20-9-3-1-4-10-20;/h1,3-4,9-10,14-17H,2,5-8,11-13,18-19,25H2,(H,26,27);1H. The molecule has 5 nitrogen and oxygen atoms in total. The maximum absolute atomic E-state index is 11.9. The Hall–Kier alpha value is -2.37. The molecule has 2 aromatic carbocycles. The van der Waals surface area contributed by atoms with E-state index in [1.807, 2.05) is 18.2 Å². The zero-order valence-corrected chi connectivity index (χ0v) is 18.3. The molecule has 30 heavy (non-hydrogen) atoms. The summed E-state index contributed by atoms with van der Waals surface area (Å²) in [6.45, 7) is 0.623. The van der Waals surface area contributed by atoms with Crippen LogP contribution in [-0.2, 0) is 33.7 Å². The highest BCUT2D eigenvalue weighted by Crippen LogP contribution is 2.11. The number of unbranched alkanes of at least 4 members (excludes halogenated alkanes) is 3. The van der Waals surface area contributed by atoms with Crippen LogP contribution in [0, 0.1) is 0 Å². The van der Waals surface area contributed by atoms with Gasteiger partial charge >= 0.3 is 5.97 Å². The third-order valence-corrected chi connectivity index (χ3v) is 4.78. The van der Waals surface area contributed by atoms with E-state index in [0.717, 1.165) is 50.5 Å². The summed E-state index contributed by atoms with van der Waals surface area (Å²) in [7, 11) is 0. The second-order valence-corrected chi connectivity index (χ2v) is 7.28. The van der Waals surface area contributed by atoms with Gasteiger partial charge in [0.1, 0.15) is 0 Å². The van der Waals surface area contributed by atoms with E-state index in [1.165, 1.54) is 11.1 Å². The van der Waals surface area contributed by atoms with Crippen molar-refractivity contribution in [3.63, 3.8) is 0 Å². The van der Waals surface area contributed by atoms with Crippen molar-refractivity contribution < 1.29 is 14.4 Å². The first-order valence-electron chi connectivity index (χ1n) is 10.5.